The van der Waals surface area contributed by atoms with Gasteiger partial charge in [0, 0.05) is 44.6 Å². The predicted molar refractivity (Wildman–Crippen MR) is 189 cm³/mol. The third-order valence-electron chi connectivity index (χ3n) is 9.80. The van der Waals surface area contributed by atoms with E-state index in [1.54, 1.807) is 22.0 Å². The van der Waals surface area contributed by atoms with Crippen molar-refractivity contribution >= 4 is 39.6 Å². The van der Waals surface area contributed by atoms with E-state index in [1.165, 1.54) is 7.11 Å². The number of amides is 3. The lowest BCUT2D eigenvalue weighted by Gasteiger charge is -2.37. The molecule has 3 aliphatic rings. The smallest absolute Gasteiger partial charge is 0.313 e. The third kappa shape index (κ3) is 8.46. The molecule has 49 heavy (non-hydrogen) atoms. The predicted octanol–water partition coefficient (Wildman–Crippen LogP) is 4.09. The first-order valence-electron chi connectivity index (χ1n) is 17.5. The molecule has 0 aliphatic carbocycles. The third-order valence-corrected chi connectivity index (χ3v) is 10.6. The first kappa shape index (κ1) is 38.7. The van der Waals surface area contributed by atoms with Crippen LogP contribution in [-0.2, 0) is 33.4 Å². The Kier molecular flexibility index (Phi) is 14.4. The summed E-state index contributed by atoms with van der Waals surface area (Å²) in [5.74, 6) is -3.37. The Morgan fingerprint density at radius 3 is 2.59 bits per heavy atom. The lowest BCUT2D eigenvalue weighted by Crippen LogP contribution is -2.57. The second kappa shape index (κ2) is 18.3. The molecule has 11 nitrogen and oxygen atoms in total. The van der Waals surface area contributed by atoms with Gasteiger partial charge in [-0.3, -0.25) is 19.2 Å². The molecule has 0 saturated carbocycles. The standard InChI is InChI=1S/C37H52BrN3O8/c1-5-8-13-20-40(19-7-3)35(45)33-37-23-26(38)32(49-37)29(30(37)34(44)41(33)21-14-15-22-42)36(46)48-31(25-16-11-10-12-17-25)27(24-47-4)39-28(43)18-9-6-2/h6-7,10-12,16-17,26-27,29-33,42H,2-3,5,8-9,13-15,18-24H2,1,4H3,(H,39,43)/t26?,27-,29-,30+,31-,32-,33-,37+/m0/s1. The fraction of sp³-hybridized carbons (Fsp3) is 0.622. The molecule has 0 radical (unpaired) electrons. The van der Waals surface area contributed by atoms with Crippen LogP contribution in [0.4, 0.5) is 0 Å². The highest BCUT2D eigenvalue weighted by molar-refractivity contribution is 9.09. The van der Waals surface area contributed by atoms with Gasteiger partial charge in [-0.25, -0.2) is 0 Å². The van der Waals surface area contributed by atoms with Gasteiger partial charge in [-0.15, -0.1) is 13.2 Å². The molecule has 3 aliphatic heterocycles. The Morgan fingerprint density at radius 1 is 1.18 bits per heavy atom. The number of allylic oxidation sites excluding steroid dienone is 1. The topological polar surface area (TPSA) is 135 Å². The van der Waals surface area contributed by atoms with E-state index in [9.17, 15) is 24.3 Å². The van der Waals surface area contributed by atoms with E-state index >= 15 is 0 Å². The highest BCUT2D eigenvalue weighted by Gasteiger charge is 2.77. The van der Waals surface area contributed by atoms with Crippen LogP contribution in [0.25, 0.3) is 0 Å². The number of alkyl halides is 1. The second-order valence-electron chi connectivity index (χ2n) is 13.1. The van der Waals surface area contributed by atoms with Gasteiger partial charge in [0.1, 0.15) is 17.7 Å². The summed E-state index contributed by atoms with van der Waals surface area (Å²) in [6.45, 7) is 10.8. The number of halogens is 1. The molecule has 12 heteroatoms. The maximum Gasteiger partial charge on any atom is 0.313 e. The van der Waals surface area contributed by atoms with Gasteiger partial charge < -0.3 is 34.4 Å². The highest BCUT2D eigenvalue weighted by Crippen LogP contribution is 2.60. The molecule has 3 heterocycles. The minimum absolute atomic E-state index is 0.0422. The van der Waals surface area contributed by atoms with Gasteiger partial charge >= 0.3 is 5.97 Å². The molecule has 2 bridgehead atoms. The van der Waals surface area contributed by atoms with E-state index < -0.39 is 47.7 Å². The molecule has 3 amide bonds. The number of methoxy groups -OCH3 is 1. The molecule has 3 fully saturated rings. The van der Waals surface area contributed by atoms with Gasteiger partial charge in [0.25, 0.3) is 0 Å². The van der Waals surface area contributed by atoms with E-state index in [0.717, 1.165) is 19.3 Å². The summed E-state index contributed by atoms with van der Waals surface area (Å²) in [7, 11) is 1.51. The number of ether oxygens (including phenoxy) is 3. The van der Waals surface area contributed by atoms with Crippen molar-refractivity contribution in [1.82, 2.24) is 15.1 Å². The van der Waals surface area contributed by atoms with Crippen molar-refractivity contribution < 1.29 is 38.5 Å². The normalized spacial score (nSPS) is 26.6. The lowest BCUT2D eigenvalue weighted by atomic mass is 9.70. The van der Waals surface area contributed by atoms with Crippen molar-refractivity contribution in [2.24, 2.45) is 11.8 Å². The highest BCUT2D eigenvalue weighted by atomic mass is 79.9. The average molecular weight is 747 g/mol. The molecule has 1 aromatic rings. The zero-order valence-corrected chi connectivity index (χ0v) is 30.4. The van der Waals surface area contributed by atoms with Crippen molar-refractivity contribution in [3.63, 3.8) is 0 Å². The van der Waals surface area contributed by atoms with E-state index in [2.05, 4.69) is 41.3 Å². The number of nitrogens with zero attached hydrogens (tertiary/aromatic N) is 2. The van der Waals surface area contributed by atoms with Crippen LogP contribution in [0.5, 0.6) is 0 Å². The maximum absolute atomic E-state index is 14.5. The summed E-state index contributed by atoms with van der Waals surface area (Å²) in [6.07, 6.45) is 6.48. The maximum atomic E-state index is 14.5. The van der Waals surface area contributed by atoms with Crippen molar-refractivity contribution in [3.05, 3.63) is 61.2 Å². The largest absolute Gasteiger partial charge is 0.455 e. The molecule has 1 unspecified atom stereocenters. The first-order chi connectivity index (χ1) is 23.7. The molecule has 0 aromatic heterocycles. The minimum Gasteiger partial charge on any atom is -0.455 e. The molecule has 2 N–H and O–H groups in total. The van der Waals surface area contributed by atoms with Crippen LogP contribution in [0.15, 0.2) is 55.6 Å². The molecule has 4 rings (SSSR count). The number of fused-ring (bicyclic) bond motifs is 1. The molecule has 1 spiro atoms. The Morgan fingerprint density at radius 2 is 1.94 bits per heavy atom. The van der Waals surface area contributed by atoms with Crippen LogP contribution in [-0.4, -0.2) is 107 Å². The van der Waals surface area contributed by atoms with Gasteiger partial charge in [-0.1, -0.05) is 78.2 Å². The van der Waals surface area contributed by atoms with Gasteiger partial charge in [0.15, 0.2) is 0 Å². The number of benzene rings is 1. The molecular weight excluding hydrogens is 694 g/mol. The monoisotopic (exact) mass is 745 g/mol. The number of rotatable bonds is 21. The quantitative estimate of drug-likeness (QED) is 0.0832. The van der Waals surface area contributed by atoms with E-state index in [0.29, 0.717) is 44.3 Å². The Labute approximate surface area is 298 Å². The summed E-state index contributed by atoms with van der Waals surface area (Å²) < 4.78 is 18.5. The molecule has 270 valence electrons. The van der Waals surface area contributed by atoms with Crippen molar-refractivity contribution in [1.29, 1.82) is 0 Å². The van der Waals surface area contributed by atoms with Crippen molar-refractivity contribution in [3.8, 4) is 0 Å². The summed E-state index contributed by atoms with van der Waals surface area (Å²) in [5.41, 5.74) is -0.590. The number of likely N-dealkylation sites (tertiary alicyclic amines) is 1. The van der Waals surface area contributed by atoms with Crippen molar-refractivity contribution in [2.45, 2.75) is 93.0 Å². The zero-order valence-electron chi connectivity index (χ0n) is 28.8. The molecular formula is C37H52BrN3O8. The van der Waals surface area contributed by atoms with Crippen LogP contribution in [0.1, 0.15) is 70.0 Å². The number of carbonyl (C=O) groups is 4. The van der Waals surface area contributed by atoms with Gasteiger partial charge in [0.05, 0.1) is 30.6 Å². The van der Waals surface area contributed by atoms with Gasteiger partial charge in [-0.2, -0.15) is 0 Å². The fourth-order valence-corrected chi connectivity index (χ4v) is 8.55. The second-order valence-corrected chi connectivity index (χ2v) is 14.3. The molecule has 8 atom stereocenters. The summed E-state index contributed by atoms with van der Waals surface area (Å²) in [6, 6.07) is 7.45. The number of aliphatic hydroxyl groups excluding tert-OH is 1. The number of nitrogens with one attached hydrogen (secondary N) is 1. The molecule has 1 aromatic carbocycles. The lowest BCUT2D eigenvalue weighted by molar-refractivity contribution is -0.163. The van der Waals surface area contributed by atoms with Crippen LogP contribution in [0, 0.1) is 11.8 Å². The fourth-order valence-electron chi connectivity index (χ4n) is 7.61. The minimum atomic E-state index is -1.24. The van der Waals surface area contributed by atoms with Crippen LogP contribution < -0.4 is 5.32 Å². The number of esters is 1. The van der Waals surface area contributed by atoms with E-state index in [-0.39, 0.29) is 48.7 Å². The van der Waals surface area contributed by atoms with Crippen LogP contribution >= 0.6 is 15.9 Å². The van der Waals surface area contributed by atoms with Crippen molar-refractivity contribution in [2.75, 3.05) is 40.0 Å². The number of aliphatic hydroxyl groups is 1. The molecule has 3 saturated heterocycles. The number of carbonyl (C=O) groups excluding carboxylic acids is 4. The Balaban J connectivity index is 1.70. The zero-order chi connectivity index (χ0) is 35.6. The van der Waals surface area contributed by atoms with E-state index in [1.807, 2.05) is 30.3 Å². The van der Waals surface area contributed by atoms with E-state index in [4.69, 9.17) is 14.2 Å². The van der Waals surface area contributed by atoms with Gasteiger partial charge in [0.2, 0.25) is 17.7 Å². The number of unbranched alkanes of at least 4 members (excludes halogenated alkanes) is 3. The SMILES string of the molecule is C=CCCC(=O)N[C@@H](COC)[C@@H](OC(=O)[C@@H]1[C@H]2O[C@@]3(CC2Br)[C@H](C(=O)N(CC=C)CCCCC)N(CCCCO)C(=O)[C@@H]13)c1ccccc1. The summed E-state index contributed by atoms with van der Waals surface area (Å²) in [5, 5.41) is 12.5. The average Bonchev–Trinajstić information content (AvgIpc) is 3.69. The summed E-state index contributed by atoms with van der Waals surface area (Å²) >= 11 is 3.73. The van der Waals surface area contributed by atoms with Crippen LogP contribution in [0.3, 0.4) is 0 Å². The summed E-state index contributed by atoms with van der Waals surface area (Å²) in [4.78, 5) is 59.3. The number of hydrogen-bond donors (Lipinski definition) is 2. The van der Waals surface area contributed by atoms with Crippen LogP contribution in [0.2, 0.25) is 0 Å². The number of hydrogen-bond acceptors (Lipinski definition) is 8. The Bertz CT molecular complexity index is 1310. The van der Waals surface area contributed by atoms with Gasteiger partial charge in [-0.05, 0) is 37.7 Å². The first-order valence-corrected chi connectivity index (χ1v) is 18.4. The Hall–Kier alpha value is -3.06.